The van der Waals surface area contributed by atoms with E-state index >= 15 is 0 Å². The first-order valence-corrected chi connectivity index (χ1v) is 11.1. The van der Waals surface area contributed by atoms with Gasteiger partial charge in [0, 0.05) is 0 Å². The predicted molar refractivity (Wildman–Crippen MR) is 114 cm³/mol. The highest BCUT2D eigenvalue weighted by molar-refractivity contribution is 5.29. The SMILES string of the molecule is CCCc1ccc(CCc2ccc(C3CCC(CCC)CC3)cc2F)cc1. The molecular weight excluding hydrogens is 331 g/mol. The van der Waals surface area contributed by atoms with E-state index in [-0.39, 0.29) is 5.82 Å². The average Bonchev–Trinajstić information content (AvgIpc) is 2.69. The third-order valence-corrected chi connectivity index (χ3v) is 6.34. The first kappa shape index (κ1) is 20.1. The van der Waals surface area contributed by atoms with Crippen LogP contribution in [0.15, 0.2) is 42.5 Å². The van der Waals surface area contributed by atoms with Crippen molar-refractivity contribution >= 4 is 0 Å². The first-order valence-electron chi connectivity index (χ1n) is 11.1. The van der Waals surface area contributed by atoms with Crippen LogP contribution >= 0.6 is 0 Å². The van der Waals surface area contributed by atoms with Crippen molar-refractivity contribution in [2.75, 3.05) is 0 Å². The van der Waals surface area contributed by atoms with Gasteiger partial charge in [0.1, 0.15) is 5.82 Å². The molecule has 3 rings (SSSR count). The molecule has 27 heavy (non-hydrogen) atoms. The van der Waals surface area contributed by atoms with Gasteiger partial charge in [0.2, 0.25) is 0 Å². The van der Waals surface area contributed by atoms with Crippen LogP contribution in [0.4, 0.5) is 4.39 Å². The Bertz CT molecular complexity index is 693. The highest BCUT2D eigenvalue weighted by Gasteiger charge is 2.22. The highest BCUT2D eigenvalue weighted by atomic mass is 19.1. The van der Waals surface area contributed by atoms with E-state index < -0.39 is 0 Å². The van der Waals surface area contributed by atoms with Crippen LogP contribution in [0.25, 0.3) is 0 Å². The minimum Gasteiger partial charge on any atom is -0.207 e. The normalized spacial score (nSPS) is 20.0. The molecule has 0 radical (unpaired) electrons. The van der Waals surface area contributed by atoms with Gasteiger partial charge in [-0.05, 0) is 85.1 Å². The number of rotatable bonds is 8. The van der Waals surface area contributed by atoms with Crippen LogP contribution in [-0.4, -0.2) is 0 Å². The molecule has 1 aliphatic carbocycles. The molecular formula is C26H35F. The summed E-state index contributed by atoms with van der Waals surface area (Å²) >= 11 is 0. The van der Waals surface area contributed by atoms with Crippen LogP contribution in [0.3, 0.4) is 0 Å². The molecule has 0 N–H and O–H groups in total. The van der Waals surface area contributed by atoms with Gasteiger partial charge in [-0.25, -0.2) is 4.39 Å². The molecule has 0 spiro atoms. The highest BCUT2D eigenvalue weighted by Crippen LogP contribution is 2.37. The molecule has 0 aliphatic heterocycles. The fourth-order valence-electron chi connectivity index (χ4n) is 4.65. The smallest absolute Gasteiger partial charge is 0.126 e. The zero-order valence-corrected chi connectivity index (χ0v) is 17.1. The maximum Gasteiger partial charge on any atom is 0.126 e. The predicted octanol–water partition coefficient (Wildman–Crippen LogP) is 7.64. The molecule has 2 aromatic carbocycles. The Kier molecular flexibility index (Phi) is 7.50. The Hall–Kier alpha value is -1.63. The van der Waals surface area contributed by atoms with E-state index in [9.17, 15) is 4.39 Å². The summed E-state index contributed by atoms with van der Waals surface area (Å²) in [4.78, 5) is 0. The van der Waals surface area contributed by atoms with Crippen LogP contribution in [0.1, 0.15) is 87.0 Å². The summed E-state index contributed by atoms with van der Waals surface area (Å²) in [6, 6.07) is 14.9. The largest absolute Gasteiger partial charge is 0.207 e. The van der Waals surface area contributed by atoms with Gasteiger partial charge in [-0.3, -0.25) is 0 Å². The minimum atomic E-state index is -0.00853. The van der Waals surface area contributed by atoms with Crippen molar-refractivity contribution < 1.29 is 4.39 Å². The Morgan fingerprint density at radius 3 is 2.04 bits per heavy atom. The fourth-order valence-corrected chi connectivity index (χ4v) is 4.65. The third-order valence-electron chi connectivity index (χ3n) is 6.34. The summed E-state index contributed by atoms with van der Waals surface area (Å²) in [6.45, 7) is 4.48. The number of hydrogen-bond acceptors (Lipinski definition) is 0. The summed E-state index contributed by atoms with van der Waals surface area (Å²) in [6.07, 6.45) is 11.7. The molecule has 1 heteroatoms. The second-order valence-corrected chi connectivity index (χ2v) is 8.42. The van der Waals surface area contributed by atoms with E-state index in [0.717, 1.165) is 30.7 Å². The molecule has 0 saturated heterocycles. The van der Waals surface area contributed by atoms with Crippen molar-refractivity contribution in [1.29, 1.82) is 0 Å². The lowest BCUT2D eigenvalue weighted by atomic mass is 9.77. The van der Waals surface area contributed by atoms with Crippen LogP contribution in [0, 0.1) is 11.7 Å². The molecule has 0 unspecified atom stereocenters. The first-order chi connectivity index (χ1) is 13.2. The van der Waals surface area contributed by atoms with Gasteiger partial charge in [-0.2, -0.15) is 0 Å². The van der Waals surface area contributed by atoms with Crippen molar-refractivity contribution in [2.24, 2.45) is 5.92 Å². The lowest BCUT2D eigenvalue weighted by Gasteiger charge is -2.28. The van der Waals surface area contributed by atoms with Crippen LogP contribution in [0.2, 0.25) is 0 Å². The van der Waals surface area contributed by atoms with Gasteiger partial charge in [0.15, 0.2) is 0 Å². The second kappa shape index (κ2) is 10.1. The van der Waals surface area contributed by atoms with Crippen LogP contribution in [-0.2, 0) is 19.3 Å². The fraction of sp³-hybridized carbons (Fsp3) is 0.538. The molecule has 1 fully saturated rings. The summed E-state index contributed by atoms with van der Waals surface area (Å²) in [5.74, 6) is 1.46. The summed E-state index contributed by atoms with van der Waals surface area (Å²) in [7, 11) is 0. The second-order valence-electron chi connectivity index (χ2n) is 8.42. The Balaban J connectivity index is 1.55. The lowest BCUT2D eigenvalue weighted by molar-refractivity contribution is 0.308. The Labute approximate surface area is 165 Å². The van der Waals surface area contributed by atoms with Gasteiger partial charge in [0.25, 0.3) is 0 Å². The maximum absolute atomic E-state index is 14.7. The average molecular weight is 367 g/mol. The van der Waals surface area contributed by atoms with Crippen LogP contribution < -0.4 is 0 Å². The van der Waals surface area contributed by atoms with Gasteiger partial charge in [-0.15, -0.1) is 0 Å². The quantitative estimate of drug-likeness (QED) is 0.450. The number of aryl methyl sites for hydroxylation is 3. The number of hydrogen-bond donors (Lipinski definition) is 0. The minimum absolute atomic E-state index is 0.00853. The topological polar surface area (TPSA) is 0 Å². The standard InChI is InChI=1S/C26H35F/c1-3-5-20-7-9-22(10-8-20)13-16-24-17-18-25(19-26(24)27)23-14-11-21(6-4-2)12-15-23/h7-10,17-19,21,23H,3-6,11-16H2,1-2H3. The summed E-state index contributed by atoms with van der Waals surface area (Å²) < 4.78 is 14.7. The maximum atomic E-state index is 14.7. The summed E-state index contributed by atoms with van der Waals surface area (Å²) in [5, 5.41) is 0. The molecule has 1 aliphatic rings. The van der Waals surface area contributed by atoms with Crippen molar-refractivity contribution in [1.82, 2.24) is 0 Å². The Morgan fingerprint density at radius 2 is 1.44 bits per heavy atom. The van der Waals surface area contributed by atoms with E-state index in [0.29, 0.717) is 5.92 Å². The van der Waals surface area contributed by atoms with Gasteiger partial charge >= 0.3 is 0 Å². The third kappa shape index (κ3) is 5.67. The molecule has 0 atom stereocenters. The Morgan fingerprint density at radius 1 is 0.778 bits per heavy atom. The van der Waals surface area contributed by atoms with Crippen molar-refractivity contribution in [3.05, 3.63) is 70.5 Å². The van der Waals surface area contributed by atoms with Gasteiger partial charge in [-0.1, -0.05) is 69.5 Å². The molecule has 0 aromatic heterocycles. The van der Waals surface area contributed by atoms with Gasteiger partial charge in [0.05, 0.1) is 0 Å². The van der Waals surface area contributed by atoms with E-state index in [1.807, 2.05) is 12.1 Å². The van der Waals surface area contributed by atoms with Crippen molar-refractivity contribution in [3.8, 4) is 0 Å². The van der Waals surface area contributed by atoms with Gasteiger partial charge < -0.3 is 0 Å². The van der Waals surface area contributed by atoms with Crippen LogP contribution in [0.5, 0.6) is 0 Å². The summed E-state index contributed by atoms with van der Waals surface area (Å²) in [5.41, 5.74) is 4.77. The monoisotopic (exact) mass is 366 g/mol. The molecule has 2 aromatic rings. The zero-order valence-electron chi connectivity index (χ0n) is 17.1. The molecule has 1 saturated carbocycles. The van der Waals surface area contributed by atoms with E-state index in [4.69, 9.17) is 0 Å². The van der Waals surface area contributed by atoms with Crippen molar-refractivity contribution in [2.45, 2.75) is 84.0 Å². The zero-order chi connectivity index (χ0) is 19.1. The van der Waals surface area contributed by atoms with E-state index in [2.05, 4.69) is 44.2 Å². The molecule has 146 valence electrons. The van der Waals surface area contributed by atoms with E-state index in [1.54, 1.807) is 0 Å². The number of benzene rings is 2. The number of halogens is 1. The van der Waals surface area contributed by atoms with Crippen molar-refractivity contribution in [3.63, 3.8) is 0 Å². The molecule has 0 amide bonds. The van der Waals surface area contributed by atoms with E-state index in [1.165, 1.54) is 61.6 Å². The molecule has 0 nitrogen and oxygen atoms in total. The molecule has 0 bridgehead atoms. The lowest BCUT2D eigenvalue weighted by Crippen LogP contribution is -2.13. The molecule has 0 heterocycles.